The van der Waals surface area contributed by atoms with Gasteiger partial charge in [0.15, 0.2) is 0 Å². The number of carboxylic acid groups (broad SMARTS) is 1. The lowest BCUT2D eigenvalue weighted by Gasteiger charge is -2.27. The summed E-state index contributed by atoms with van der Waals surface area (Å²) in [5, 5.41) is 12.3. The van der Waals surface area contributed by atoms with Crippen molar-refractivity contribution in [1.29, 1.82) is 0 Å². The van der Waals surface area contributed by atoms with Crippen LogP contribution in [0.3, 0.4) is 0 Å². The Hall–Kier alpha value is -1.88. The number of rotatable bonds is 7. The molecule has 1 aromatic carbocycles. The molecule has 26 heavy (non-hydrogen) atoms. The van der Waals surface area contributed by atoms with E-state index in [1.54, 1.807) is 0 Å². The number of amides is 1. The summed E-state index contributed by atoms with van der Waals surface area (Å²) in [6, 6.07) is 8.35. The first-order valence-corrected chi connectivity index (χ1v) is 9.44. The van der Waals surface area contributed by atoms with E-state index in [0.29, 0.717) is 26.1 Å². The molecule has 2 N–H and O–H groups in total. The average molecular weight is 361 g/mol. The fourth-order valence-corrected chi connectivity index (χ4v) is 3.32. The van der Waals surface area contributed by atoms with Crippen LogP contribution in [-0.4, -0.2) is 36.7 Å². The lowest BCUT2D eigenvalue weighted by Crippen LogP contribution is -2.39. The highest BCUT2D eigenvalue weighted by Gasteiger charge is 2.29. The molecule has 144 valence electrons. The van der Waals surface area contributed by atoms with E-state index in [4.69, 9.17) is 4.74 Å². The number of benzene rings is 1. The number of aryl methyl sites for hydroxylation is 1. The van der Waals surface area contributed by atoms with Gasteiger partial charge in [0, 0.05) is 26.2 Å². The summed E-state index contributed by atoms with van der Waals surface area (Å²) < 4.78 is 5.29. The predicted molar refractivity (Wildman–Crippen MR) is 101 cm³/mol. The van der Waals surface area contributed by atoms with E-state index in [2.05, 4.69) is 50.4 Å². The number of ether oxygens (including phenoxy) is 1. The maximum atomic E-state index is 12.1. The molecule has 0 bridgehead atoms. The zero-order chi connectivity index (χ0) is 19.2. The second-order valence-corrected chi connectivity index (χ2v) is 8.15. The van der Waals surface area contributed by atoms with Crippen molar-refractivity contribution in [3.8, 4) is 0 Å². The van der Waals surface area contributed by atoms with Crippen LogP contribution < -0.4 is 5.32 Å². The first-order valence-electron chi connectivity index (χ1n) is 9.44. The van der Waals surface area contributed by atoms with Crippen molar-refractivity contribution in [1.82, 2.24) is 5.32 Å². The van der Waals surface area contributed by atoms with E-state index in [-0.39, 0.29) is 23.8 Å². The molecule has 0 aliphatic carbocycles. The third kappa shape index (κ3) is 6.13. The molecule has 0 spiro atoms. The average Bonchev–Trinajstić information content (AvgIpc) is 2.60. The van der Waals surface area contributed by atoms with Gasteiger partial charge in [0.25, 0.3) is 0 Å². The van der Waals surface area contributed by atoms with E-state index in [1.165, 1.54) is 5.56 Å². The van der Waals surface area contributed by atoms with E-state index in [0.717, 1.165) is 18.4 Å². The molecule has 1 atom stereocenters. The Morgan fingerprint density at radius 2 is 1.81 bits per heavy atom. The molecule has 0 aromatic heterocycles. The van der Waals surface area contributed by atoms with Gasteiger partial charge in [0.05, 0.1) is 5.92 Å². The number of carboxylic acids is 1. The lowest BCUT2D eigenvalue weighted by molar-refractivity contribution is -0.145. The Bertz CT molecular complexity index is 597. The van der Waals surface area contributed by atoms with Crippen LogP contribution in [0.1, 0.15) is 51.2 Å². The van der Waals surface area contributed by atoms with Crippen molar-refractivity contribution in [3.63, 3.8) is 0 Å². The first kappa shape index (κ1) is 20.4. The van der Waals surface area contributed by atoms with Gasteiger partial charge in [0.1, 0.15) is 0 Å². The molecule has 5 heteroatoms. The molecule has 1 aliphatic heterocycles. The largest absolute Gasteiger partial charge is 0.481 e. The Kier molecular flexibility index (Phi) is 7.21. The van der Waals surface area contributed by atoms with E-state index in [9.17, 15) is 14.7 Å². The van der Waals surface area contributed by atoms with Crippen LogP contribution in [0.5, 0.6) is 0 Å². The Labute approximate surface area is 156 Å². The molecule has 1 heterocycles. The number of nitrogens with one attached hydrogen (secondary N) is 1. The topological polar surface area (TPSA) is 75.6 Å². The minimum atomic E-state index is -0.838. The van der Waals surface area contributed by atoms with Gasteiger partial charge in [-0.15, -0.1) is 0 Å². The number of hydrogen-bond donors (Lipinski definition) is 2. The third-order valence-electron chi connectivity index (χ3n) is 5.13. The summed E-state index contributed by atoms with van der Waals surface area (Å²) in [6.07, 6.45) is 2.51. The highest BCUT2D eigenvalue weighted by atomic mass is 16.5. The maximum Gasteiger partial charge on any atom is 0.308 e. The van der Waals surface area contributed by atoms with Crippen LogP contribution in [0.25, 0.3) is 0 Å². The quantitative estimate of drug-likeness (QED) is 0.782. The van der Waals surface area contributed by atoms with Crippen molar-refractivity contribution in [3.05, 3.63) is 35.4 Å². The lowest BCUT2D eigenvalue weighted by atomic mass is 9.86. The monoisotopic (exact) mass is 361 g/mol. The maximum absolute atomic E-state index is 12.1. The van der Waals surface area contributed by atoms with Gasteiger partial charge in [-0.2, -0.15) is 0 Å². The van der Waals surface area contributed by atoms with Crippen LogP contribution in [0.2, 0.25) is 0 Å². The molecule has 2 rings (SSSR count). The van der Waals surface area contributed by atoms with Gasteiger partial charge in [-0.1, -0.05) is 45.0 Å². The summed E-state index contributed by atoms with van der Waals surface area (Å²) in [7, 11) is 0. The Morgan fingerprint density at radius 3 is 2.35 bits per heavy atom. The predicted octanol–water partition coefficient (Wildman–Crippen LogP) is 3.16. The number of carbonyl (C=O) groups is 2. The Morgan fingerprint density at radius 1 is 1.19 bits per heavy atom. The highest BCUT2D eigenvalue weighted by Crippen LogP contribution is 2.24. The van der Waals surface area contributed by atoms with Crippen LogP contribution in [0, 0.1) is 11.8 Å². The summed E-state index contributed by atoms with van der Waals surface area (Å²) in [5.74, 6) is -1.39. The molecule has 0 radical (unpaired) electrons. The summed E-state index contributed by atoms with van der Waals surface area (Å²) in [6.45, 7) is 7.92. The summed E-state index contributed by atoms with van der Waals surface area (Å²) in [4.78, 5) is 23.6. The van der Waals surface area contributed by atoms with Crippen molar-refractivity contribution in [2.45, 2.75) is 51.9 Å². The van der Waals surface area contributed by atoms with E-state index in [1.807, 2.05) is 0 Å². The van der Waals surface area contributed by atoms with Crippen LogP contribution in [-0.2, 0) is 26.2 Å². The number of aliphatic carboxylic acids is 1. The highest BCUT2D eigenvalue weighted by molar-refractivity contribution is 5.77. The number of hydrogen-bond acceptors (Lipinski definition) is 3. The molecule has 1 fully saturated rings. The normalized spacial score (nSPS) is 16.9. The Balaban J connectivity index is 1.79. The van der Waals surface area contributed by atoms with Crippen molar-refractivity contribution in [2.75, 3.05) is 19.8 Å². The molecule has 1 aromatic rings. The third-order valence-corrected chi connectivity index (χ3v) is 5.13. The zero-order valence-corrected chi connectivity index (χ0v) is 16.1. The number of carbonyl (C=O) groups excluding carboxylic acids is 1. The fourth-order valence-electron chi connectivity index (χ4n) is 3.32. The second-order valence-electron chi connectivity index (χ2n) is 8.15. The van der Waals surface area contributed by atoms with Crippen LogP contribution >= 0.6 is 0 Å². The van der Waals surface area contributed by atoms with Crippen molar-refractivity contribution < 1.29 is 19.4 Å². The molecular formula is C21H31NO4. The minimum Gasteiger partial charge on any atom is -0.481 e. The van der Waals surface area contributed by atoms with E-state index >= 15 is 0 Å². The molecule has 0 saturated carbocycles. The first-order chi connectivity index (χ1) is 12.3. The van der Waals surface area contributed by atoms with Crippen LogP contribution in [0.4, 0.5) is 0 Å². The second kappa shape index (κ2) is 9.17. The zero-order valence-electron chi connectivity index (χ0n) is 16.1. The SMILES string of the molecule is CC(C)(C)c1ccc(CCC(=O)NCC(C(=O)O)C2CCOCC2)cc1. The van der Waals surface area contributed by atoms with Gasteiger partial charge in [-0.25, -0.2) is 0 Å². The molecular weight excluding hydrogens is 330 g/mol. The molecule has 1 amide bonds. The van der Waals surface area contributed by atoms with E-state index < -0.39 is 11.9 Å². The minimum absolute atomic E-state index is 0.0755. The van der Waals surface area contributed by atoms with Crippen molar-refractivity contribution >= 4 is 11.9 Å². The molecule has 1 saturated heterocycles. The summed E-state index contributed by atoms with van der Waals surface area (Å²) >= 11 is 0. The van der Waals surface area contributed by atoms with Gasteiger partial charge in [-0.3, -0.25) is 9.59 Å². The fraction of sp³-hybridized carbons (Fsp3) is 0.619. The van der Waals surface area contributed by atoms with Gasteiger partial charge < -0.3 is 15.2 Å². The smallest absolute Gasteiger partial charge is 0.308 e. The summed E-state index contributed by atoms with van der Waals surface area (Å²) in [5.41, 5.74) is 2.50. The van der Waals surface area contributed by atoms with Crippen LogP contribution in [0.15, 0.2) is 24.3 Å². The molecule has 1 aliphatic rings. The van der Waals surface area contributed by atoms with Gasteiger partial charge >= 0.3 is 5.97 Å². The van der Waals surface area contributed by atoms with Crippen molar-refractivity contribution in [2.24, 2.45) is 11.8 Å². The molecule has 5 nitrogen and oxygen atoms in total. The standard InChI is InChI=1S/C21H31NO4/c1-21(2,3)17-7-4-15(5-8-17)6-9-19(23)22-14-18(20(24)25)16-10-12-26-13-11-16/h4-5,7-8,16,18H,6,9-14H2,1-3H3,(H,22,23)(H,24,25). The molecule has 1 unspecified atom stereocenters. The van der Waals surface area contributed by atoms with Gasteiger partial charge in [0.2, 0.25) is 5.91 Å². The van der Waals surface area contributed by atoms with Gasteiger partial charge in [-0.05, 0) is 41.7 Å².